The van der Waals surface area contributed by atoms with E-state index in [0.717, 1.165) is 30.6 Å². The largest absolute Gasteiger partial charge is 0.490 e. The van der Waals surface area contributed by atoms with E-state index in [1.165, 1.54) is 0 Å². The predicted molar refractivity (Wildman–Crippen MR) is 75.0 cm³/mol. The molecule has 1 heterocycles. The van der Waals surface area contributed by atoms with Gasteiger partial charge in [-0.15, -0.1) is 0 Å². The minimum absolute atomic E-state index is 0.0364. The molecule has 0 aliphatic carbocycles. The van der Waals surface area contributed by atoms with Gasteiger partial charge in [0.1, 0.15) is 0 Å². The molecule has 2 rings (SSSR count). The maximum absolute atomic E-state index is 12.2. The van der Waals surface area contributed by atoms with E-state index in [0.29, 0.717) is 24.5 Å². The number of carbonyl (C=O) groups is 1. The number of benzene rings is 1. The van der Waals surface area contributed by atoms with E-state index in [9.17, 15) is 4.79 Å². The summed E-state index contributed by atoms with van der Waals surface area (Å²) in [6.45, 7) is 5.43. The van der Waals surface area contributed by atoms with Crippen LogP contribution < -0.4 is 9.47 Å². The van der Waals surface area contributed by atoms with Crippen LogP contribution >= 0.6 is 0 Å². The topological polar surface area (TPSA) is 35.5 Å². The number of rotatable bonds is 4. The molecule has 1 aromatic carbocycles. The summed E-state index contributed by atoms with van der Waals surface area (Å²) in [4.78, 5) is 12.2. The number of fused-ring (bicyclic) bond motifs is 1. The van der Waals surface area contributed by atoms with Crippen LogP contribution in [0.15, 0.2) is 29.8 Å². The molecular weight excluding hydrogens is 240 g/mol. The van der Waals surface area contributed by atoms with Crippen molar-refractivity contribution in [2.24, 2.45) is 0 Å². The average Bonchev–Trinajstić information content (AvgIpc) is 2.68. The van der Waals surface area contributed by atoms with Gasteiger partial charge in [0, 0.05) is 12.0 Å². The molecule has 3 heteroatoms. The molecule has 0 saturated heterocycles. The van der Waals surface area contributed by atoms with E-state index in [-0.39, 0.29) is 5.78 Å². The molecule has 0 spiro atoms. The first-order valence-corrected chi connectivity index (χ1v) is 6.88. The van der Waals surface area contributed by atoms with Gasteiger partial charge in [0.25, 0.3) is 0 Å². The summed E-state index contributed by atoms with van der Waals surface area (Å²) in [5.74, 6) is 1.44. The lowest BCUT2D eigenvalue weighted by Crippen LogP contribution is -1.99. The maximum Gasteiger partial charge on any atom is 0.185 e. The van der Waals surface area contributed by atoms with Crippen LogP contribution in [0, 0.1) is 0 Å². The normalized spacial score (nSPS) is 13.6. The molecule has 0 aromatic heterocycles. The Morgan fingerprint density at radius 1 is 1.16 bits per heavy atom. The van der Waals surface area contributed by atoms with E-state index in [1.807, 2.05) is 6.07 Å². The van der Waals surface area contributed by atoms with Crippen LogP contribution in [-0.2, 0) is 0 Å². The number of hydrogen-bond acceptors (Lipinski definition) is 3. The fourth-order valence-corrected chi connectivity index (χ4v) is 2.04. The zero-order valence-electron chi connectivity index (χ0n) is 11.6. The Labute approximate surface area is 114 Å². The Morgan fingerprint density at radius 2 is 1.84 bits per heavy atom. The van der Waals surface area contributed by atoms with Crippen molar-refractivity contribution in [3.8, 4) is 11.5 Å². The van der Waals surface area contributed by atoms with Gasteiger partial charge < -0.3 is 9.47 Å². The Hall–Kier alpha value is -1.77. The molecule has 1 aliphatic rings. The van der Waals surface area contributed by atoms with E-state index >= 15 is 0 Å². The number of ether oxygens (including phenoxy) is 2. The van der Waals surface area contributed by atoms with E-state index in [4.69, 9.17) is 9.47 Å². The summed E-state index contributed by atoms with van der Waals surface area (Å²) >= 11 is 0. The van der Waals surface area contributed by atoms with E-state index in [2.05, 4.69) is 13.8 Å². The van der Waals surface area contributed by atoms with Gasteiger partial charge >= 0.3 is 0 Å². The van der Waals surface area contributed by atoms with Crippen LogP contribution in [0.25, 0.3) is 0 Å². The molecule has 0 N–H and O–H groups in total. The highest BCUT2D eigenvalue weighted by atomic mass is 16.5. The highest BCUT2D eigenvalue weighted by Crippen LogP contribution is 2.30. The van der Waals surface area contributed by atoms with Gasteiger partial charge in [-0.2, -0.15) is 0 Å². The van der Waals surface area contributed by atoms with Crippen molar-refractivity contribution < 1.29 is 14.3 Å². The van der Waals surface area contributed by atoms with Crippen molar-refractivity contribution in [2.45, 2.75) is 33.1 Å². The second-order valence-electron chi connectivity index (χ2n) is 4.59. The van der Waals surface area contributed by atoms with Crippen LogP contribution in [0.5, 0.6) is 11.5 Å². The minimum Gasteiger partial charge on any atom is -0.490 e. The van der Waals surface area contributed by atoms with Gasteiger partial charge in [0.05, 0.1) is 13.2 Å². The summed E-state index contributed by atoms with van der Waals surface area (Å²) in [5.41, 5.74) is 1.82. The van der Waals surface area contributed by atoms with Gasteiger partial charge in [-0.25, -0.2) is 0 Å². The van der Waals surface area contributed by atoms with Crippen molar-refractivity contribution in [3.05, 3.63) is 35.4 Å². The van der Waals surface area contributed by atoms with Gasteiger partial charge in [0.15, 0.2) is 17.3 Å². The summed E-state index contributed by atoms with van der Waals surface area (Å²) < 4.78 is 11.2. The third kappa shape index (κ3) is 3.37. The first kappa shape index (κ1) is 13.7. The molecule has 19 heavy (non-hydrogen) atoms. The van der Waals surface area contributed by atoms with Crippen molar-refractivity contribution in [3.63, 3.8) is 0 Å². The van der Waals surface area contributed by atoms with Crippen LogP contribution in [-0.4, -0.2) is 19.0 Å². The summed E-state index contributed by atoms with van der Waals surface area (Å²) in [6, 6.07) is 5.40. The quantitative estimate of drug-likeness (QED) is 0.610. The molecule has 0 amide bonds. The van der Waals surface area contributed by atoms with Crippen molar-refractivity contribution in [2.75, 3.05) is 13.2 Å². The van der Waals surface area contributed by atoms with Crippen LogP contribution in [0.4, 0.5) is 0 Å². The predicted octanol–water partition coefficient (Wildman–Crippen LogP) is 3.78. The molecule has 0 saturated carbocycles. The minimum atomic E-state index is 0.0364. The Kier molecular flexibility index (Phi) is 4.61. The lowest BCUT2D eigenvalue weighted by Gasteiger charge is -2.08. The molecular formula is C16H20O3. The second-order valence-corrected chi connectivity index (χ2v) is 4.59. The molecule has 3 nitrogen and oxygen atoms in total. The number of allylic oxidation sites excluding steroid dienone is 2. The maximum atomic E-state index is 12.2. The van der Waals surface area contributed by atoms with Crippen LogP contribution in [0.3, 0.4) is 0 Å². The van der Waals surface area contributed by atoms with E-state index in [1.54, 1.807) is 18.2 Å². The molecule has 0 bridgehead atoms. The monoisotopic (exact) mass is 260 g/mol. The fraction of sp³-hybridized carbons (Fsp3) is 0.438. The Bertz CT molecular complexity index is 483. The standard InChI is InChI=1S/C16H20O3/c1-3-12(4-2)10-14(17)13-6-7-15-16(11-13)19-9-5-8-18-15/h6-7,10-11H,3-5,8-9H2,1-2H3. The molecule has 0 fully saturated rings. The fourth-order valence-electron chi connectivity index (χ4n) is 2.04. The van der Waals surface area contributed by atoms with E-state index < -0.39 is 0 Å². The highest BCUT2D eigenvalue weighted by molar-refractivity contribution is 6.05. The first-order chi connectivity index (χ1) is 9.24. The van der Waals surface area contributed by atoms with Crippen molar-refractivity contribution >= 4 is 5.78 Å². The lowest BCUT2D eigenvalue weighted by atomic mass is 10.0. The molecule has 1 aromatic rings. The van der Waals surface area contributed by atoms with Crippen molar-refractivity contribution in [1.29, 1.82) is 0 Å². The molecule has 1 aliphatic heterocycles. The Morgan fingerprint density at radius 3 is 2.53 bits per heavy atom. The summed E-state index contributed by atoms with van der Waals surface area (Å²) in [6.07, 6.45) is 4.42. The second kappa shape index (κ2) is 6.41. The average molecular weight is 260 g/mol. The Balaban J connectivity index is 2.24. The van der Waals surface area contributed by atoms with Gasteiger partial charge in [-0.1, -0.05) is 19.4 Å². The summed E-state index contributed by atoms with van der Waals surface area (Å²) in [7, 11) is 0. The third-order valence-corrected chi connectivity index (χ3v) is 3.28. The molecule has 0 atom stereocenters. The lowest BCUT2D eigenvalue weighted by molar-refractivity contribution is 0.104. The number of hydrogen-bond donors (Lipinski definition) is 0. The molecule has 0 unspecified atom stereocenters. The van der Waals surface area contributed by atoms with Gasteiger partial charge in [0.2, 0.25) is 0 Å². The SMILES string of the molecule is CCC(=CC(=O)c1ccc2c(c1)OCCCO2)CC. The van der Waals surface area contributed by atoms with Crippen LogP contribution in [0.1, 0.15) is 43.5 Å². The van der Waals surface area contributed by atoms with Gasteiger partial charge in [-0.3, -0.25) is 4.79 Å². The molecule has 102 valence electrons. The molecule has 0 radical (unpaired) electrons. The third-order valence-electron chi connectivity index (χ3n) is 3.28. The smallest absolute Gasteiger partial charge is 0.185 e. The van der Waals surface area contributed by atoms with Crippen LogP contribution in [0.2, 0.25) is 0 Å². The highest BCUT2D eigenvalue weighted by Gasteiger charge is 2.13. The number of ketones is 1. The van der Waals surface area contributed by atoms with Gasteiger partial charge in [-0.05, 0) is 37.1 Å². The summed E-state index contributed by atoms with van der Waals surface area (Å²) in [5, 5.41) is 0. The zero-order chi connectivity index (χ0) is 13.7. The van der Waals surface area contributed by atoms with Crippen molar-refractivity contribution in [1.82, 2.24) is 0 Å². The number of carbonyl (C=O) groups excluding carboxylic acids is 1. The zero-order valence-corrected chi connectivity index (χ0v) is 11.6. The first-order valence-electron chi connectivity index (χ1n) is 6.88.